The van der Waals surface area contributed by atoms with Crippen molar-refractivity contribution >= 4 is 39.7 Å². The van der Waals surface area contributed by atoms with Gasteiger partial charge in [0.05, 0.1) is 18.3 Å². The minimum Gasteiger partial charge on any atom is -0.488 e. The van der Waals surface area contributed by atoms with Gasteiger partial charge in [0.25, 0.3) is 0 Å². The number of hydrogen-bond donors (Lipinski definition) is 2. The number of ether oxygens (including phenoxy) is 2. The third-order valence-corrected chi connectivity index (χ3v) is 5.35. The number of pyridine rings is 1. The van der Waals surface area contributed by atoms with E-state index in [0.717, 1.165) is 0 Å². The van der Waals surface area contributed by atoms with Crippen LogP contribution < -0.4 is 14.8 Å². The first-order valence-corrected chi connectivity index (χ1v) is 11.4. The SMILES string of the molecule is CC(C)Oc1ccc(Nc2nc(OCCO)c3ccccc3c2C(=O)c2ccc(Cl)cc2)cc1F. The van der Waals surface area contributed by atoms with Crippen LogP contribution >= 0.6 is 11.6 Å². The number of anilines is 2. The summed E-state index contributed by atoms with van der Waals surface area (Å²) < 4.78 is 25.8. The highest BCUT2D eigenvalue weighted by Crippen LogP contribution is 2.35. The monoisotopic (exact) mass is 494 g/mol. The van der Waals surface area contributed by atoms with Crippen LogP contribution in [-0.4, -0.2) is 35.2 Å². The van der Waals surface area contributed by atoms with Gasteiger partial charge in [0, 0.05) is 33.1 Å². The molecule has 0 amide bonds. The minimum atomic E-state index is -0.549. The van der Waals surface area contributed by atoms with Crippen LogP contribution in [0.1, 0.15) is 29.8 Å². The Morgan fingerprint density at radius 2 is 1.80 bits per heavy atom. The highest BCUT2D eigenvalue weighted by molar-refractivity contribution is 6.30. The van der Waals surface area contributed by atoms with E-state index < -0.39 is 5.82 Å². The summed E-state index contributed by atoms with van der Waals surface area (Å²) in [6.45, 7) is 3.45. The number of nitrogens with zero attached hydrogens (tertiary/aromatic N) is 1. The number of aliphatic hydroxyl groups excluding tert-OH is 1. The molecule has 0 atom stereocenters. The Kier molecular flexibility index (Phi) is 7.48. The van der Waals surface area contributed by atoms with Gasteiger partial charge in [-0.25, -0.2) is 4.39 Å². The van der Waals surface area contributed by atoms with Gasteiger partial charge in [-0.2, -0.15) is 4.98 Å². The van der Waals surface area contributed by atoms with E-state index in [1.54, 1.807) is 48.5 Å². The molecule has 0 radical (unpaired) electrons. The standard InChI is InChI=1S/C27H24ClFN2O4/c1-16(2)35-23-12-11-19(15-22(23)29)30-26-24(25(33)17-7-9-18(28)10-8-17)20-5-3-4-6-21(20)27(31-26)34-14-13-32/h3-12,15-16,32H,13-14H2,1-2H3,(H,30,31). The summed E-state index contributed by atoms with van der Waals surface area (Å²) in [5.74, 6) is -0.284. The quantitative estimate of drug-likeness (QED) is 0.271. The van der Waals surface area contributed by atoms with Gasteiger partial charge in [-0.15, -0.1) is 0 Å². The zero-order chi connectivity index (χ0) is 24.9. The molecule has 3 aromatic carbocycles. The van der Waals surface area contributed by atoms with E-state index in [1.165, 1.54) is 12.1 Å². The van der Waals surface area contributed by atoms with E-state index in [-0.39, 0.29) is 42.5 Å². The molecule has 35 heavy (non-hydrogen) atoms. The fraction of sp³-hybridized carbons (Fsp3) is 0.185. The number of carbonyl (C=O) groups excluding carboxylic acids is 1. The van der Waals surface area contributed by atoms with Crippen molar-refractivity contribution in [2.45, 2.75) is 20.0 Å². The van der Waals surface area contributed by atoms with Gasteiger partial charge in [0.1, 0.15) is 12.4 Å². The van der Waals surface area contributed by atoms with Crippen LogP contribution in [0.3, 0.4) is 0 Å². The summed E-state index contributed by atoms with van der Waals surface area (Å²) in [4.78, 5) is 18.2. The fourth-order valence-electron chi connectivity index (χ4n) is 3.62. The molecule has 6 nitrogen and oxygen atoms in total. The number of aliphatic hydroxyl groups is 1. The molecule has 0 spiro atoms. The van der Waals surface area contributed by atoms with Crippen LogP contribution in [0.4, 0.5) is 15.9 Å². The van der Waals surface area contributed by atoms with Crippen molar-refractivity contribution in [3.63, 3.8) is 0 Å². The number of hydrogen-bond acceptors (Lipinski definition) is 6. The molecule has 0 saturated heterocycles. The first-order valence-electron chi connectivity index (χ1n) is 11.1. The van der Waals surface area contributed by atoms with Crippen molar-refractivity contribution in [1.29, 1.82) is 0 Å². The van der Waals surface area contributed by atoms with E-state index in [1.807, 2.05) is 19.9 Å². The number of fused-ring (bicyclic) bond motifs is 1. The number of aromatic nitrogens is 1. The predicted molar refractivity (Wildman–Crippen MR) is 135 cm³/mol. The largest absolute Gasteiger partial charge is 0.488 e. The van der Waals surface area contributed by atoms with Crippen LogP contribution in [-0.2, 0) is 0 Å². The summed E-state index contributed by atoms with van der Waals surface area (Å²) in [5.41, 5.74) is 1.09. The van der Waals surface area contributed by atoms with Crippen molar-refractivity contribution < 1.29 is 23.8 Å². The lowest BCUT2D eigenvalue weighted by molar-refractivity contribution is 0.104. The van der Waals surface area contributed by atoms with Crippen LogP contribution in [0.25, 0.3) is 10.8 Å². The van der Waals surface area contributed by atoms with Crippen molar-refractivity contribution in [3.05, 3.63) is 88.7 Å². The zero-order valence-corrected chi connectivity index (χ0v) is 20.0. The van der Waals surface area contributed by atoms with Crippen molar-refractivity contribution in [1.82, 2.24) is 4.98 Å². The third kappa shape index (κ3) is 5.53. The Balaban J connectivity index is 1.85. The predicted octanol–water partition coefficient (Wildman–Crippen LogP) is 6.16. The average Bonchev–Trinajstić information content (AvgIpc) is 2.84. The van der Waals surface area contributed by atoms with Gasteiger partial charge >= 0.3 is 0 Å². The smallest absolute Gasteiger partial charge is 0.223 e. The van der Waals surface area contributed by atoms with E-state index in [9.17, 15) is 14.3 Å². The highest BCUT2D eigenvalue weighted by atomic mass is 35.5. The number of carbonyl (C=O) groups is 1. The van der Waals surface area contributed by atoms with E-state index >= 15 is 0 Å². The van der Waals surface area contributed by atoms with Crippen molar-refractivity contribution in [3.8, 4) is 11.6 Å². The second-order valence-electron chi connectivity index (χ2n) is 8.03. The molecule has 2 N–H and O–H groups in total. The number of ketones is 1. The van der Waals surface area contributed by atoms with Crippen LogP contribution in [0.15, 0.2) is 66.7 Å². The lowest BCUT2D eigenvalue weighted by Crippen LogP contribution is -2.11. The Morgan fingerprint density at radius 1 is 1.09 bits per heavy atom. The second kappa shape index (κ2) is 10.7. The summed E-state index contributed by atoms with van der Waals surface area (Å²) in [6.07, 6.45) is -0.180. The van der Waals surface area contributed by atoms with Crippen LogP contribution in [0.2, 0.25) is 5.02 Å². The summed E-state index contributed by atoms with van der Waals surface area (Å²) in [7, 11) is 0. The lowest BCUT2D eigenvalue weighted by atomic mass is 9.98. The molecular weight excluding hydrogens is 471 g/mol. The highest BCUT2D eigenvalue weighted by Gasteiger charge is 2.22. The fourth-order valence-corrected chi connectivity index (χ4v) is 3.74. The van der Waals surface area contributed by atoms with Gasteiger partial charge in [-0.05, 0) is 56.3 Å². The van der Waals surface area contributed by atoms with Crippen molar-refractivity contribution in [2.75, 3.05) is 18.5 Å². The normalized spacial score (nSPS) is 11.0. The Morgan fingerprint density at radius 3 is 2.46 bits per heavy atom. The average molecular weight is 495 g/mol. The maximum absolute atomic E-state index is 14.7. The molecular formula is C27H24ClFN2O4. The topological polar surface area (TPSA) is 80.7 Å². The third-order valence-electron chi connectivity index (χ3n) is 5.10. The molecule has 0 aliphatic rings. The molecule has 0 aliphatic heterocycles. The molecule has 8 heteroatoms. The Labute approximate surface area is 207 Å². The van der Waals surface area contributed by atoms with Crippen molar-refractivity contribution in [2.24, 2.45) is 0 Å². The van der Waals surface area contributed by atoms with Crippen LogP contribution in [0.5, 0.6) is 11.6 Å². The van der Waals surface area contributed by atoms with Gasteiger partial charge in [-0.1, -0.05) is 29.8 Å². The lowest BCUT2D eigenvalue weighted by Gasteiger charge is -2.17. The van der Waals surface area contributed by atoms with Gasteiger partial charge in [0.15, 0.2) is 17.3 Å². The Bertz CT molecular complexity index is 1360. The van der Waals surface area contributed by atoms with Gasteiger partial charge in [0.2, 0.25) is 5.88 Å². The van der Waals surface area contributed by atoms with Gasteiger partial charge < -0.3 is 19.9 Å². The molecule has 0 bridgehead atoms. The number of rotatable bonds is 9. The molecule has 0 aliphatic carbocycles. The molecule has 180 valence electrons. The van der Waals surface area contributed by atoms with E-state index in [4.69, 9.17) is 21.1 Å². The summed E-state index contributed by atoms with van der Waals surface area (Å²) in [5, 5.41) is 14.0. The summed E-state index contributed by atoms with van der Waals surface area (Å²) >= 11 is 6.01. The number of benzene rings is 3. The first-order chi connectivity index (χ1) is 16.9. The van der Waals surface area contributed by atoms with E-state index in [2.05, 4.69) is 10.3 Å². The molecule has 0 unspecified atom stereocenters. The number of nitrogens with one attached hydrogen (secondary N) is 1. The zero-order valence-electron chi connectivity index (χ0n) is 19.2. The first kappa shape index (κ1) is 24.4. The summed E-state index contributed by atoms with van der Waals surface area (Å²) in [6, 6.07) is 18.2. The maximum Gasteiger partial charge on any atom is 0.223 e. The molecule has 1 heterocycles. The van der Waals surface area contributed by atoms with Gasteiger partial charge in [-0.3, -0.25) is 4.79 Å². The Hall–Kier alpha value is -3.68. The molecule has 1 aromatic heterocycles. The second-order valence-corrected chi connectivity index (χ2v) is 8.47. The number of halogens is 2. The molecule has 0 fully saturated rings. The maximum atomic E-state index is 14.7. The van der Waals surface area contributed by atoms with E-state index in [0.29, 0.717) is 32.6 Å². The minimum absolute atomic E-state index is 0.0246. The molecule has 4 aromatic rings. The molecule has 0 saturated carbocycles. The molecule has 4 rings (SSSR count). The van der Waals surface area contributed by atoms with Crippen LogP contribution in [0, 0.1) is 5.82 Å².